The second-order valence-corrected chi connectivity index (χ2v) is 6.25. The molecule has 0 unspecified atom stereocenters. The molecule has 0 aromatic carbocycles. The number of rotatable bonds is 3. The SMILES string of the molecule is CC1(N)CCN(c2cccnc2N(N)C(=O)c2cnccn2)CC1. The molecule has 0 spiro atoms. The summed E-state index contributed by atoms with van der Waals surface area (Å²) in [6.45, 7) is 3.64. The molecule has 0 radical (unpaired) electrons. The van der Waals surface area contributed by atoms with Gasteiger partial charge in [0, 0.05) is 37.2 Å². The fourth-order valence-corrected chi connectivity index (χ4v) is 2.71. The summed E-state index contributed by atoms with van der Waals surface area (Å²) in [7, 11) is 0. The number of carbonyl (C=O) groups excluding carboxylic acids is 1. The predicted molar refractivity (Wildman–Crippen MR) is 91.3 cm³/mol. The van der Waals surface area contributed by atoms with Gasteiger partial charge in [-0.1, -0.05) is 0 Å². The summed E-state index contributed by atoms with van der Waals surface area (Å²) < 4.78 is 0. The van der Waals surface area contributed by atoms with Crippen LogP contribution in [0.3, 0.4) is 0 Å². The molecule has 1 amide bonds. The van der Waals surface area contributed by atoms with Gasteiger partial charge in [0.15, 0.2) is 5.82 Å². The molecule has 2 aromatic rings. The van der Waals surface area contributed by atoms with E-state index in [4.69, 9.17) is 11.6 Å². The molecule has 0 bridgehead atoms. The van der Waals surface area contributed by atoms with Gasteiger partial charge < -0.3 is 10.6 Å². The molecule has 126 valence electrons. The van der Waals surface area contributed by atoms with Crippen molar-refractivity contribution in [2.24, 2.45) is 11.6 Å². The highest BCUT2D eigenvalue weighted by Crippen LogP contribution is 2.30. The standard InChI is InChI=1S/C16H21N7O/c1-16(17)4-9-22(10-5-16)13-3-2-6-21-14(13)23(18)15(24)12-11-19-7-8-20-12/h2-3,6-8,11H,4-5,9-10,17-18H2,1H3. The van der Waals surface area contributed by atoms with Gasteiger partial charge in [-0.25, -0.2) is 20.8 Å². The third-order valence-electron chi connectivity index (χ3n) is 4.24. The summed E-state index contributed by atoms with van der Waals surface area (Å²) in [6, 6.07) is 3.74. The van der Waals surface area contributed by atoms with Crippen LogP contribution in [0, 0.1) is 0 Å². The van der Waals surface area contributed by atoms with Gasteiger partial charge in [0.2, 0.25) is 0 Å². The van der Waals surface area contributed by atoms with Crippen LogP contribution in [0.15, 0.2) is 36.9 Å². The van der Waals surface area contributed by atoms with Gasteiger partial charge in [-0.15, -0.1) is 0 Å². The topological polar surface area (TPSA) is 114 Å². The fraction of sp³-hybridized carbons (Fsp3) is 0.375. The lowest BCUT2D eigenvalue weighted by Gasteiger charge is -2.38. The molecule has 0 saturated carbocycles. The van der Waals surface area contributed by atoms with Crippen LogP contribution in [0.4, 0.5) is 11.5 Å². The molecule has 8 nitrogen and oxygen atoms in total. The average molecular weight is 327 g/mol. The monoisotopic (exact) mass is 327 g/mol. The van der Waals surface area contributed by atoms with Crippen LogP contribution in [-0.4, -0.2) is 39.5 Å². The van der Waals surface area contributed by atoms with Crippen LogP contribution in [0.2, 0.25) is 0 Å². The number of hydrogen-bond acceptors (Lipinski definition) is 7. The Morgan fingerprint density at radius 1 is 1.25 bits per heavy atom. The molecule has 1 aliphatic heterocycles. The molecule has 4 N–H and O–H groups in total. The lowest BCUT2D eigenvalue weighted by molar-refractivity contribution is 0.0981. The number of nitrogens with two attached hydrogens (primary N) is 2. The number of hydrazine groups is 1. The minimum Gasteiger partial charge on any atom is -0.368 e. The van der Waals surface area contributed by atoms with Gasteiger partial charge in [0.25, 0.3) is 5.91 Å². The minimum absolute atomic E-state index is 0.156. The van der Waals surface area contributed by atoms with Crippen LogP contribution in [0.25, 0.3) is 0 Å². The van der Waals surface area contributed by atoms with Crippen molar-refractivity contribution in [2.45, 2.75) is 25.3 Å². The van der Waals surface area contributed by atoms with Crippen LogP contribution >= 0.6 is 0 Å². The maximum Gasteiger partial charge on any atom is 0.294 e. The van der Waals surface area contributed by atoms with Crippen molar-refractivity contribution in [1.82, 2.24) is 15.0 Å². The number of carbonyl (C=O) groups is 1. The Morgan fingerprint density at radius 2 is 2.00 bits per heavy atom. The summed E-state index contributed by atoms with van der Waals surface area (Å²) in [5.41, 5.74) is 7.02. The summed E-state index contributed by atoms with van der Waals surface area (Å²) in [4.78, 5) is 26.8. The third kappa shape index (κ3) is 3.34. The highest BCUT2D eigenvalue weighted by atomic mass is 16.2. The first-order chi connectivity index (χ1) is 11.5. The van der Waals surface area contributed by atoms with Crippen molar-refractivity contribution < 1.29 is 4.79 Å². The number of anilines is 2. The second kappa shape index (κ2) is 6.50. The molecule has 8 heteroatoms. The van der Waals surface area contributed by atoms with E-state index in [1.54, 1.807) is 6.20 Å². The van der Waals surface area contributed by atoms with Gasteiger partial charge in [-0.3, -0.25) is 9.78 Å². The molecular weight excluding hydrogens is 306 g/mol. The second-order valence-electron chi connectivity index (χ2n) is 6.25. The molecule has 1 fully saturated rings. The van der Waals surface area contributed by atoms with Crippen molar-refractivity contribution in [3.63, 3.8) is 0 Å². The van der Waals surface area contributed by atoms with Gasteiger partial charge in [-0.2, -0.15) is 0 Å². The van der Waals surface area contributed by atoms with Crippen LogP contribution in [-0.2, 0) is 0 Å². The Hall–Kier alpha value is -2.58. The Bertz CT molecular complexity index is 709. The zero-order valence-corrected chi connectivity index (χ0v) is 13.6. The van der Waals surface area contributed by atoms with E-state index in [0.717, 1.165) is 36.6 Å². The van der Waals surface area contributed by atoms with Crippen molar-refractivity contribution in [1.29, 1.82) is 0 Å². The number of pyridine rings is 1. The summed E-state index contributed by atoms with van der Waals surface area (Å²) >= 11 is 0. The van der Waals surface area contributed by atoms with E-state index in [9.17, 15) is 4.79 Å². The first-order valence-electron chi connectivity index (χ1n) is 7.82. The smallest absolute Gasteiger partial charge is 0.294 e. The Morgan fingerprint density at radius 3 is 2.67 bits per heavy atom. The average Bonchev–Trinajstić information content (AvgIpc) is 2.61. The quantitative estimate of drug-likeness (QED) is 0.485. The van der Waals surface area contributed by atoms with Crippen LogP contribution < -0.4 is 21.5 Å². The van der Waals surface area contributed by atoms with Crippen molar-refractivity contribution in [3.8, 4) is 0 Å². The largest absolute Gasteiger partial charge is 0.368 e. The fourth-order valence-electron chi connectivity index (χ4n) is 2.71. The van der Waals surface area contributed by atoms with Crippen molar-refractivity contribution in [3.05, 3.63) is 42.6 Å². The molecule has 24 heavy (non-hydrogen) atoms. The van der Waals surface area contributed by atoms with E-state index < -0.39 is 5.91 Å². The van der Waals surface area contributed by atoms with E-state index in [-0.39, 0.29) is 11.2 Å². The maximum atomic E-state index is 12.5. The lowest BCUT2D eigenvalue weighted by Crippen LogP contribution is -2.49. The molecular formula is C16H21N7O. The van der Waals surface area contributed by atoms with E-state index >= 15 is 0 Å². The molecule has 3 rings (SSSR count). The van der Waals surface area contributed by atoms with Gasteiger partial charge >= 0.3 is 0 Å². The summed E-state index contributed by atoms with van der Waals surface area (Å²) in [6.07, 6.45) is 7.67. The van der Waals surface area contributed by atoms with Gasteiger partial charge in [0.1, 0.15) is 5.69 Å². The molecule has 1 saturated heterocycles. The van der Waals surface area contributed by atoms with E-state index in [0.29, 0.717) is 5.82 Å². The number of piperidine rings is 1. The zero-order chi connectivity index (χ0) is 17.2. The molecule has 1 aliphatic rings. The minimum atomic E-state index is -0.455. The van der Waals surface area contributed by atoms with E-state index in [2.05, 4.69) is 26.8 Å². The Kier molecular flexibility index (Phi) is 4.41. The third-order valence-corrected chi connectivity index (χ3v) is 4.24. The number of nitrogens with zero attached hydrogens (tertiary/aromatic N) is 5. The Balaban J connectivity index is 1.85. The number of hydrogen-bond donors (Lipinski definition) is 2. The van der Waals surface area contributed by atoms with Crippen molar-refractivity contribution in [2.75, 3.05) is 23.0 Å². The molecule has 3 heterocycles. The highest BCUT2D eigenvalue weighted by Gasteiger charge is 2.29. The number of amides is 1. The summed E-state index contributed by atoms with van der Waals surface area (Å²) in [5.74, 6) is 5.98. The van der Waals surface area contributed by atoms with E-state index in [1.165, 1.54) is 18.6 Å². The van der Waals surface area contributed by atoms with Gasteiger partial charge in [-0.05, 0) is 31.9 Å². The Labute approximate surface area is 140 Å². The van der Waals surface area contributed by atoms with Gasteiger partial charge in [0.05, 0.1) is 11.9 Å². The first-order valence-corrected chi connectivity index (χ1v) is 7.82. The van der Waals surface area contributed by atoms with Crippen LogP contribution in [0.5, 0.6) is 0 Å². The number of aromatic nitrogens is 3. The van der Waals surface area contributed by atoms with Crippen molar-refractivity contribution >= 4 is 17.4 Å². The first kappa shape index (κ1) is 16.3. The predicted octanol–water partition coefficient (Wildman–Crippen LogP) is 0.710. The molecule has 0 aliphatic carbocycles. The van der Waals surface area contributed by atoms with E-state index in [1.807, 2.05) is 12.1 Å². The maximum absolute atomic E-state index is 12.5. The highest BCUT2D eigenvalue weighted by molar-refractivity contribution is 6.04. The lowest BCUT2D eigenvalue weighted by atomic mass is 9.91. The summed E-state index contributed by atoms with van der Waals surface area (Å²) in [5, 5.41) is 1.02. The zero-order valence-electron chi connectivity index (χ0n) is 13.6. The van der Waals surface area contributed by atoms with Crippen LogP contribution in [0.1, 0.15) is 30.3 Å². The molecule has 2 aromatic heterocycles. The normalized spacial score (nSPS) is 16.7. The molecule has 0 atom stereocenters.